The van der Waals surface area contributed by atoms with E-state index in [1.165, 1.54) is 24.4 Å². The van der Waals surface area contributed by atoms with Crippen LogP contribution in [0.5, 0.6) is 0 Å². The van der Waals surface area contributed by atoms with Crippen LogP contribution in [0.15, 0.2) is 89.0 Å². The Morgan fingerprint density at radius 2 is 1.50 bits per heavy atom. The summed E-state index contributed by atoms with van der Waals surface area (Å²) < 4.78 is 98.6. The van der Waals surface area contributed by atoms with Crippen molar-refractivity contribution in [3.8, 4) is 34.0 Å². The minimum absolute atomic E-state index is 0.0180. The largest absolute Gasteiger partial charge is 0.322 e. The molecule has 216 valence electrons. The van der Waals surface area contributed by atoms with Crippen LogP contribution in [-0.4, -0.2) is 42.6 Å². The molecule has 0 fully saturated rings. The second-order valence-electron chi connectivity index (χ2n) is 9.06. The summed E-state index contributed by atoms with van der Waals surface area (Å²) in [6.45, 7) is 2.12. The molecule has 0 aliphatic heterocycles. The summed E-state index contributed by atoms with van der Waals surface area (Å²) >= 11 is 0. The fourth-order valence-electron chi connectivity index (χ4n) is 4.40. The predicted molar refractivity (Wildman–Crippen MR) is 150 cm³/mol. The molecule has 2 aromatic heterocycles. The zero-order valence-corrected chi connectivity index (χ0v) is 23.7. The van der Waals surface area contributed by atoms with Crippen molar-refractivity contribution in [3.05, 3.63) is 96.4 Å². The lowest BCUT2D eigenvalue weighted by atomic mass is 10.1. The third-order valence-electron chi connectivity index (χ3n) is 6.21. The Morgan fingerprint density at radius 1 is 0.833 bits per heavy atom. The minimum atomic E-state index is -4.88. The lowest BCUT2D eigenvalue weighted by Crippen LogP contribution is -2.17. The molecule has 0 saturated carbocycles. The van der Waals surface area contributed by atoms with E-state index in [1.807, 2.05) is 11.6 Å². The Hall–Kier alpha value is -4.56. The maximum absolute atomic E-state index is 16.1. The summed E-state index contributed by atoms with van der Waals surface area (Å²) in [5, 5.41) is -0.454. The average Bonchev–Trinajstić information content (AvgIpc) is 3.33. The Balaban J connectivity index is 1.74. The van der Waals surface area contributed by atoms with Gasteiger partial charge in [-0.25, -0.2) is 45.0 Å². The molecule has 0 aliphatic carbocycles. The zero-order valence-electron chi connectivity index (χ0n) is 22.1. The van der Waals surface area contributed by atoms with Gasteiger partial charge in [0.15, 0.2) is 10.7 Å². The fourth-order valence-corrected chi connectivity index (χ4v) is 6.11. The first-order valence-corrected chi connectivity index (χ1v) is 15.7. The van der Waals surface area contributed by atoms with Gasteiger partial charge < -0.3 is 4.57 Å². The standard InChI is InChI=1S/C28H22F3N5O4S2/c1-3-36-25(22-15-16-32-28(33-22)41(2,37)38)24(34-27(36)17-9-5-4-6-10-17)18-11-7-14-21(23(18)31)35-42(39,40)26-19(29)12-8-13-20(26)30/h4-16,35H,3H2,1-2H3. The molecule has 9 nitrogen and oxygen atoms in total. The normalized spacial score (nSPS) is 11.9. The molecule has 0 bridgehead atoms. The van der Waals surface area contributed by atoms with E-state index in [1.54, 1.807) is 34.9 Å². The SMILES string of the molecule is CCn1c(-c2ccccc2)nc(-c2cccc(NS(=O)(=O)c3c(F)cccc3F)c2F)c1-c1ccnc(S(C)(=O)=O)n1. The number of hydrogen-bond donors (Lipinski definition) is 1. The summed E-state index contributed by atoms with van der Waals surface area (Å²) in [4.78, 5) is 11.5. The van der Waals surface area contributed by atoms with Crippen molar-refractivity contribution in [1.82, 2.24) is 19.5 Å². The molecular formula is C28H22F3N5O4S2. The van der Waals surface area contributed by atoms with Crippen LogP contribution in [0.25, 0.3) is 34.0 Å². The third-order valence-corrected chi connectivity index (χ3v) is 8.49. The minimum Gasteiger partial charge on any atom is -0.322 e. The topological polar surface area (TPSA) is 124 Å². The van der Waals surface area contributed by atoms with Crippen LogP contribution in [0.1, 0.15) is 6.92 Å². The summed E-state index contributed by atoms with van der Waals surface area (Å²) in [6.07, 6.45) is 2.20. The molecule has 5 aromatic rings. The molecule has 0 saturated heterocycles. The number of sulfonamides is 1. The van der Waals surface area contributed by atoms with Crippen LogP contribution < -0.4 is 4.72 Å². The van der Waals surface area contributed by atoms with E-state index in [4.69, 9.17) is 4.98 Å². The second kappa shape index (κ2) is 11.0. The van der Waals surface area contributed by atoms with Crippen molar-refractivity contribution >= 4 is 25.5 Å². The van der Waals surface area contributed by atoms with Crippen LogP contribution in [0.3, 0.4) is 0 Å². The van der Waals surface area contributed by atoms with E-state index < -0.39 is 53.1 Å². The van der Waals surface area contributed by atoms with E-state index >= 15 is 4.39 Å². The van der Waals surface area contributed by atoms with Crippen LogP contribution in [0, 0.1) is 17.5 Å². The van der Waals surface area contributed by atoms with Gasteiger partial charge in [0, 0.05) is 30.1 Å². The van der Waals surface area contributed by atoms with Crippen LogP contribution in [0.2, 0.25) is 0 Å². The van der Waals surface area contributed by atoms with Gasteiger partial charge in [0.05, 0.1) is 17.1 Å². The molecule has 42 heavy (non-hydrogen) atoms. The average molecular weight is 614 g/mol. The smallest absolute Gasteiger partial charge is 0.267 e. The van der Waals surface area contributed by atoms with E-state index in [2.05, 4.69) is 9.97 Å². The molecule has 14 heteroatoms. The van der Waals surface area contributed by atoms with Crippen LogP contribution >= 0.6 is 0 Å². The molecule has 1 N–H and O–H groups in total. The maximum Gasteiger partial charge on any atom is 0.267 e. The van der Waals surface area contributed by atoms with Crippen molar-refractivity contribution in [3.63, 3.8) is 0 Å². The number of nitrogens with one attached hydrogen (secondary N) is 1. The summed E-state index contributed by atoms with van der Waals surface area (Å²) in [5.41, 5.74) is 0.274. The zero-order chi connectivity index (χ0) is 30.2. The Morgan fingerprint density at radius 3 is 2.14 bits per heavy atom. The van der Waals surface area contributed by atoms with E-state index in [0.717, 1.165) is 30.5 Å². The fraction of sp³-hybridized carbons (Fsp3) is 0.107. The van der Waals surface area contributed by atoms with E-state index in [0.29, 0.717) is 17.9 Å². The monoisotopic (exact) mass is 613 g/mol. The third kappa shape index (κ3) is 5.37. The first-order chi connectivity index (χ1) is 19.9. The molecule has 3 aromatic carbocycles. The van der Waals surface area contributed by atoms with Crippen LogP contribution in [-0.2, 0) is 26.4 Å². The molecule has 0 unspecified atom stereocenters. The Bertz CT molecular complexity index is 2010. The van der Waals surface area contributed by atoms with Gasteiger partial charge in [-0.15, -0.1) is 0 Å². The summed E-state index contributed by atoms with van der Waals surface area (Å²) in [7, 11) is -8.69. The van der Waals surface area contributed by atoms with Gasteiger partial charge in [-0.05, 0) is 37.3 Å². The number of anilines is 1. The summed E-state index contributed by atoms with van der Waals surface area (Å²) in [6, 6.07) is 16.7. The number of halogens is 3. The molecule has 0 spiro atoms. The van der Waals surface area contributed by atoms with Gasteiger partial charge in [-0.1, -0.05) is 42.5 Å². The number of imidazole rings is 1. The predicted octanol–water partition coefficient (Wildman–Crippen LogP) is 5.32. The number of sulfone groups is 1. The first kappa shape index (κ1) is 29.0. The highest BCUT2D eigenvalue weighted by Gasteiger charge is 2.28. The van der Waals surface area contributed by atoms with Gasteiger partial charge in [-0.3, -0.25) is 4.72 Å². The number of rotatable bonds is 8. The Labute approximate surface area is 239 Å². The van der Waals surface area contributed by atoms with Gasteiger partial charge in [0.1, 0.15) is 23.2 Å². The van der Waals surface area contributed by atoms with Crippen molar-refractivity contribution in [2.45, 2.75) is 23.5 Å². The van der Waals surface area contributed by atoms with Crippen molar-refractivity contribution < 1.29 is 30.0 Å². The van der Waals surface area contributed by atoms with Gasteiger partial charge >= 0.3 is 0 Å². The number of benzene rings is 3. The molecule has 0 radical (unpaired) electrons. The number of nitrogens with zero attached hydrogens (tertiary/aromatic N) is 4. The van der Waals surface area contributed by atoms with Gasteiger partial charge in [-0.2, -0.15) is 0 Å². The lowest BCUT2D eigenvalue weighted by molar-refractivity contribution is 0.521. The van der Waals surface area contributed by atoms with Crippen molar-refractivity contribution in [2.24, 2.45) is 0 Å². The molecular weight excluding hydrogens is 591 g/mol. The number of hydrogen-bond acceptors (Lipinski definition) is 7. The second-order valence-corrected chi connectivity index (χ2v) is 12.6. The van der Waals surface area contributed by atoms with Crippen LogP contribution in [0.4, 0.5) is 18.9 Å². The highest BCUT2D eigenvalue weighted by molar-refractivity contribution is 7.92. The van der Waals surface area contributed by atoms with E-state index in [9.17, 15) is 25.6 Å². The van der Waals surface area contributed by atoms with Crippen molar-refractivity contribution in [2.75, 3.05) is 11.0 Å². The maximum atomic E-state index is 16.1. The lowest BCUT2D eigenvalue weighted by Gasteiger charge is -2.13. The molecule has 2 heterocycles. The molecule has 0 atom stereocenters. The number of aromatic nitrogens is 4. The molecule has 5 rings (SSSR count). The highest BCUT2D eigenvalue weighted by atomic mass is 32.2. The summed E-state index contributed by atoms with van der Waals surface area (Å²) in [5.74, 6) is -3.37. The molecule has 0 aliphatic rings. The molecule has 0 amide bonds. The first-order valence-electron chi connectivity index (χ1n) is 12.4. The van der Waals surface area contributed by atoms with Gasteiger partial charge in [0.25, 0.3) is 10.0 Å². The van der Waals surface area contributed by atoms with E-state index in [-0.39, 0.29) is 22.6 Å². The van der Waals surface area contributed by atoms with Gasteiger partial charge in [0.2, 0.25) is 15.0 Å². The van der Waals surface area contributed by atoms with Crippen molar-refractivity contribution in [1.29, 1.82) is 0 Å². The Kier molecular flexibility index (Phi) is 7.60. The quantitative estimate of drug-likeness (QED) is 0.235. The highest BCUT2D eigenvalue weighted by Crippen LogP contribution is 2.38.